The summed E-state index contributed by atoms with van der Waals surface area (Å²) < 4.78 is 5.93. The number of aromatic nitrogens is 1. The largest absolute Gasteiger partial charge is 0.440 e. The predicted octanol–water partition coefficient (Wildman–Crippen LogP) is 4.14. The topological polar surface area (TPSA) is 52.0 Å². The molecule has 0 saturated heterocycles. The summed E-state index contributed by atoms with van der Waals surface area (Å²) in [5, 5.41) is 0.676. The third-order valence-electron chi connectivity index (χ3n) is 3.97. The molecular formula is C16H13ClN2O. The van der Waals surface area contributed by atoms with Crippen molar-refractivity contribution in [2.75, 3.05) is 5.73 Å². The van der Waals surface area contributed by atoms with E-state index in [-0.39, 0.29) is 5.41 Å². The van der Waals surface area contributed by atoms with E-state index in [1.165, 1.54) is 5.56 Å². The van der Waals surface area contributed by atoms with Gasteiger partial charge in [-0.05, 0) is 48.7 Å². The monoisotopic (exact) mass is 284 g/mol. The smallest absolute Gasteiger partial charge is 0.206 e. The van der Waals surface area contributed by atoms with Crippen LogP contribution in [0.15, 0.2) is 46.9 Å². The van der Waals surface area contributed by atoms with E-state index in [4.69, 9.17) is 21.8 Å². The van der Waals surface area contributed by atoms with Crippen LogP contribution in [0, 0.1) is 0 Å². The molecule has 1 heterocycles. The Bertz CT molecular complexity index is 788. The van der Waals surface area contributed by atoms with E-state index < -0.39 is 0 Å². The molecule has 0 radical (unpaired) electrons. The second-order valence-corrected chi connectivity index (χ2v) is 5.77. The number of fused-ring (bicyclic) bond motifs is 1. The van der Waals surface area contributed by atoms with Gasteiger partial charge in [-0.1, -0.05) is 23.7 Å². The Morgan fingerprint density at radius 2 is 1.85 bits per heavy atom. The molecule has 2 aromatic carbocycles. The van der Waals surface area contributed by atoms with Gasteiger partial charge in [-0.3, -0.25) is 0 Å². The van der Waals surface area contributed by atoms with Gasteiger partial charge in [0, 0.05) is 10.7 Å². The van der Waals surface area contributed by atoms with Crippen molar-refractivity contribution < 1.29 is 4.42 Å². The van der Waals surface area contributed by atoms with Crippen LogP contribution < -0.4 is 5.73 Å². The van der Waals surface area contributed by atoms with Gasteiger partial charge in [0.25, 0.3) is 0 Å². The number of oxazole rings is 1. The summed E-state index contributed by atoms with van der Waals surface area (Å²) >= 11 is 6.00. The van der Waals surface area contributed by atoms with Crippen LogP contribution in [0.2, 0.25) is 5.02 Å². The van der Waals surface area contributed by atoms with E-state index >= 15 is 0 Å². The number of benzene rings is 2. The molecule has 20 heavy (non-hydrogen) atoms. The summed E-state index contributed by atoms with van der Waals surface area (Å²) in [4.78, 5) is 4.62. The second kappa shape index (κ2) is 4.00. The Kier molecular flexibility index (Phi) is 2.36. The molecule has 0 unspecified atom stereocenters. The molecule has 0 amide bonds. The summed E-state index contributed by atoms with van der Waals surface area (Å²) in [6.07, 6.45) is 2.11. The van der Waals surface area contributed by atoms with E-state index in [1.54, 1.807) is 0 Å². The van der Waals surface area contributed by atoms with Crippen LogP contribution in [0.3, 0.4) is 0 Å². The van der Waals surface area contributed by atoms with Crippen LogP contribution in [-0.2, 0) is 5.41 Å². The molecule has 4 rings (SSSR count). The first kappa shape index (κ1) is 11.8. The third-order valence-corrected chi connectivity index (χ3v) is 4.21. The first-order valence-corrected chi connectivity index (χ1v) is 6.98. The standard InChI is InChI=1S/C16H13ClN2O/c17-11-3-6-14-13(9-11)19-15(20-14)16(7-8-16)10-1-4-12(18)5-2-10/h1-6,9H,7-8,18H2. The van der Waals surface area contributed by atoms with Crippen LogP contribution in [0.5, 0.6) is 0 Å². The molecule has 1 aromatic heterocycles. The van der Waals surface area contributed by atoms with E-state index in [9.17, 15) is 0 Å². The SMILES string of the molecule is Nc1ccc(C2(c3nc4cc(Cl)ccc4o3)CC2)cc1. The lowest BCUT2D eigenvalue weighted by Crippen LogP contribution is -2.08. The van der Waals surface area contributed by atoms with Gasteiger partial charge in [-0.25, -0.2) is 4.98 Å². The number of anilines is 1. The van der Waals surface area contributed by atoms with Gasteiger partial charge in [-0.15, -0.1) is 0 Å². The lowest BCUT2D eigenvalue weighted by Gasteiger charge is -2.11. The third kappa shape index (κ3) is 1.70. The molecule has 0 spiro atoms. The Labute approximate surface area is 121 Å². The quantitative estimate of drug-likeness (QED) is 0.720. The molecule has 1 saturated carbocycles. The molecule has 1 aliphatic carbocycles. The molecular weight excluding hydrogens is 272 g/mol. The van der Waals surface area contributed by atoms with Gasteiger partial charge in [0.15, 0.2) is 5.58 Å². The van der Waals surface area contributed by atoms with Crippen molar-refractivity contribution in [2.24, 2.45) is 0 Å². The Morgan fingerprint density at radius 1 is 1.10 bits per heavy atom. The van der Waals surface area contributed by atoms with Gasteiger partial charge >= 0.3 is 0 Å². The molecule has 100 valence electrons. The first-order valence-electron chi connectivity index (χ1n) is 6.60. The normalized spacial score (nSPS) is 16.4. The van der Waals surface area contributed by atoms with Crippen LogP contribution >= 0.6 is 11.6 Å². The van der Waals surface area contributed by atoms with Crippen LogP contribution in [0.4, 0.5) is 5.69 Å². The van der Waals surface area contributed by atoms with Gasteiger partial charge in [0.1, 0.15) is 5.52 Å². The molecule has 3 aromatic rings. The molecule has 2 N–H and O–H groups in total. The van der Waals surface area contributed by atoms with Crippen molar-refractivity contribution in [2.45, 2.75) is 18.3 Å². The predicted molar refractivity (Wildman–Crippen MR) is 79.9 cm³/mol. The highest BCUT2D eigenvalue weighted by atomic mass is 35.5. The average molecular weight is 285 g/mol. The first-order chi connectivity index (χ1) is 9.67. The van der Waals surface area contributed by atoms with Crippen LogP contribution in [0.1, 0.15) is 24.3 Å². The zero-order valence-corrected chi connectivity index (χ0v) is 11.5. The van der Waals surface area contributed by atoms with Gasteiger partial charge in [0.05, 0.1) is 5.41 Å². The fourth-order valence-corrected chi connectivity index (χ4v) is 2.82. The summed E-state index contributed by atoms with van der Waals surface area (Å²) in [7, 11) is 0. The maximum absolute atomic E-state index is 6.00. The number of rotatable bonds is 2. The Hall–Kier alpha value is -2.00. The zero-order chi connectivity index (χ0) is 13.7. The minimum absolute atomic E-state index is 0.0841. The van der Waals surface area contributed by atoms with Gasteiger partial charge in [-0.2, -0.15) is 0 Å². The van der Waals surface area contributed by atoms with E-state index in [0.29, 0.717) is 5.02 Å². The highest BCUT2D eigenvalue weighted by Crippen LogP contribution is 2.53. The molecule has 1 aliphatic rings. The fourth-order valence-electron chi connectivity index (χ4n) is 2.66. The maximum atomic E-state index is 6.00. The van der Waals surface area contributed by atoms with Crippen LogP contribution in [-0.4, -0.2) is 4.98 Å². The average Bonchev–Trinajstić information content (AvgIpc) is 3.14. The van der Waals surface area contributed by atoms with Crippen molar-refractivity contribution in [1.82, 2.24) is 4.98 Å². The van der Waals surface area contributed by atoms with Crippen molar-refractivity contribution in [3.63, 3.8) is 0 Å². The zero-order valence-electron chi connectivity index (χ0n) is 10.8. The summed E-state index contributed by atoms with van der Waals surface area (Å²) in [5.41, 5.74) is 9.25. The molecule has 0 atom stereocenters. The number of hydrogen-bond acceptors (Lipinski definition) is 3. The van der Waals surface area contributed by atoms with E-state index in [2.05, 4.69) is 17.1 Å². The number of nitrogen functional groups attached to an aromatic ring is 1. The fraction of sp³-hybridized carbons (Fsp3) is 0.188. The lowest BCUT2D eigenvalue weighted by molar-refractivity contribution is 0.492. The minimum atomic E-state index is -0.0841. The summed E-state index contributed by atoms with van der Waals surface area (Å²) in [6, 6.07) is 13.5. The molecule has 0 aliphatic heterocycles. The lowest BCUT2D eigenvalue weighted by atomic mass is 9.96. The summed E-state index contributed by atoms with van der Waals surface area (Å²) in [6.45, 7) is 0. The second-order valence-electron chi connectivity index (χ2n) is 5.34. The van der Waals surface area contributed by atoms with Crippen molar-refractivity contribution in [3.05, 3.63) is 58.9 Å². The number of nitrogens with two attached hydrogens (primary N) is 1. The Balaban J connectivity index is 1.83. The van der Waals surface area contributed by atoms with Crippen LogP contribution in [0.25, 0.3) is 11.1 Å². The number of halogens is 1. The highest BCUT2D eigenvalue weighted by molar-refractivity contribution is 6.31. The molecule has 3 nitrogen and oxygen atoms in total. The van der Waals surface area contributed by atoms with Crippen molar-refractivity contribution in [1.29, 1.82) is 0 Å². The van der Waals surface area contributed by atoms with Gasteiger partial charge < -0.3 is 10.2 Å². The van der Waals surface area contributed by atoms with E-state index in [0.717, 1.165) is 35.5 Å². The highest BCUT2D eigenvalue weighted by Gasteiger charge is 2.50. The maximum Gasteiger partial charge on any atom is 0.206 e. The molecule has 1 fully saturated rings. The minimum Gasteiger partial charge on any atom is -0.440 e. The number of hydrogen-bond donors (Lipinski definition) is 1. The van der Waals surface area contributed by atoms with Gasteiger partial charge in [0.2, 0.25) is 5.89 Å². The molecule has 0 bridgehead atoms. The van der Waals surface area contributed by atoms with E-state index in [1.807, 2.05) is 30.3 Å². The molecule has 4 heteroatoms. The van der Waals surface area contributed by atoms with Crippen molar-refractivity contribution in [3.8, 4) is 0 Å². The Morgan fingerprint density at radius 3 is 2.55 bits per heavy atom. The van der Waals surface area contributed by atoms with Crippen molar-refractivity contribution >= 4 is 28.4 Å². The summed E-state index contributed by atoms with van der Waals surface area (Å²) in [5.74, 6) is 0.777. The number of nitrogens with zero attached hydrogens (tertiary/aromatic N) is 1.